The fourth-order valence-electron chi connectivity index (χ4n) is 3.73. The zero-order valence-corrected chi connectivity index (χ0v) is 15.5. The predicted octanol–water partition coefficient (Wildman–Crippen LogP) is 3.05. The Bertz CT molecular complexity index is 918. The number of hydrogen-bond donors (Lipinski definition) is 0. The van der Waals surface area contributed by atoms with Gasteiger partial charge < -0.3 is 14.5 Å². The van der Waals surface area contributed by atoms with E-state index in [1.54, 1.807) is 4.90 Å². The van der Waals surface area contributed by atoms with Gasteiger partial charge in [0.05, 0.1) is 0 Å². The number of carbonyl (C=O) groups is 2. The van der Waals surface area contributed by atoms with E-state index >= 15 is 0 Å². The lowest BCUT2D eigenvalue weighted by Gasteiger charge is -2.36. The van der Waals surface area contributed by atoms with Crippen LogP contribution in [-0.2, 0) is 11.2 Å². The molecular formula is C21H19F3N2O3. The molecule has 0 bridgehead atoms. The molecule has 1 atom stereocenters. The highest BCUT2D eigenvalue weighted by atomic mass is 19.3. The second kappa shape index (κ2) is 7.77. The molecule has 1 saturated heterocycles. The molecule has 0 N–H and O–H groups in total. The zero-order valence-electron chi connectivity index (χ0n) is 15.5. The number of halogens is 3. The van der Waals surface area contributed by atoms with E-state index in [-0.39, 0.29) is 37.6 Å². The van der Waals surface area contributed by atoms with Gasteiger partial charge in [-0.15, -0.1) is 0 Å². The van der Waals surface area contributed by atoms with Crippen molar-refractivity contribution in [3.8, 4) is 5.75 Å². The molecule has 2 amide bonds. The molecule has 152 valence electrons. The first-order valence-electron chi connectivity index (χ1n) is 9.34. The largest absolute Gasteiger partial charge is 0.480 e. The molecule has 2 aromatic rings. The van der Waals surface area contributed by atoms with Gasteiger partial charge in [0.1, 0.15) is 11.6 Å². The number of rotatable bonds is 3. The van der Waals surface area contributed by atoms with Gasteiger partial charge in [-0.25, -0.2) is 13.2 Å². The Balaban J connectivity index is 1.39. The van der Waals surface area contributed by atoms with E-state index in [4.69, 9.17) is 4.74 Å². The van der Waals surface area contributed by atoms with Crippen LogP contribution in [0.1, 0.15) is 27.9 Å². The summed E-state index contributed by atoms with van der Waals surface area (Å²) in [5.74, 6) is -0.847. The SMILES string of the molecule is O=C(c1ccc(F)cc1C(F)F)N1CCN(C(=O)C2Cc3ccccc3O2)CC1. The Morgan fingerprint density at radius 2 is 1.69 bits per heavy atom. The maximum Gasteiger partial charge on any atom is 0.264 e. The third-order valence-electron chi connectivity index (χ3n) is 5.28. The smallest absolute Gasteiger partial charge is 0.264 e. The maximum absolute atomic E-state index is 13.3. The highest BCUT2D eigenvalue weighted by molar-refractivity contribution is 5.96. The van der Waals surface area contributed by atoms with Gasteiger partial charge in [0, 0.05) is 43.7 Å². The third-order valence-corrected chi connectivity index (χ3v) is 5.28. The fourth-order valence-corrected chi connectivity index (χ4v) is 3.73. The minimum absolute atomic E-state index is 0.150. The van der Waals surface area contributed by atoms with Crippen LogP contribution < -0.4 is 4.74 Å². The van der Waals surface area contributed by atoms with Crippen LogP contribution in [0.15, 0.2) is 42.5 Å². The Morgan fingerprint density at radius 1 is 1.00 bits per heavy atom. The molecule has 2 aromatic carbocycles. The quantitative estimate of drug-likeness (QED) is 0.790. The standard InChI is InChI=1S/C21H19F3N2O3/c22-14-5-6-15(16(12-14)19(23)24)20(27)25-7-9-26(10-8-25)21(28)18-11-13-3-1-2-4-17(13)29-18/h1-6,12,18-19H,7-11H2. The summed E-state index contributed by atoms with van der Waals surface area (Å²) in [7, 11) is 0. The molecule has 2 aliphatic heterocycles. The molecule has 4 rings (SSSR count). The number of hydrogen-bond acceptors (Lipinski definition) is 3. The molecule has 2 heterocycles. The number of fused-ring (bicyclic) bond motifs is 1. The van der Waals surface area contributed by atoms with Gasteiger partial charge in [-0.3, -0.25) is 9.59 Å². The lowest BCUT2D eigenvalue weighted by atomic mass is 10.1. The van der Waals surface area contributed by atoms with E-state index in [1.165, 1.54) is 4.90 Å². The minimum Gasteiger partial charge on any atom is -0.480 e. The second-order valence-electron chi connectivity index (χ2n) is 7.07. The number of piperazine rings is 1. The van der Waals surface area contributed by atoms with Crippen LogP contribution in [0.5, 0.6) is 5.75 Å². The minimum atomic E-state index is -2.95. The summed E-state index contributed by atoms with van der Waals surface area (Å²) in [6, 6.07) is 10.2. The maximum atomic E-state index is 13.3. The molecule has 5 nitrogen and oxygen atoms in total. The summed E-state index contributed by atoms with van der Waals surface area (Å²) in [4.78, 5) is 28.4. The first-order chi connectivity index (χ1) is 13.9. The van der Waals surface area contributed by atoms with Crippen molar-refractivity contribution in [2.75, 3.05) is 26.2 Å². The third kappa shape index (κ3) is 3.79. The number of benzene rings is 2. The van der Waals surface area contributed by atoms with E-state index in [2.05, 4.69) is 0 Å². The zero-order chi connectivity index (χ0) is 20.5. The van der Waals surface area contributed by atoms with Crippen molar-refractivity contribution in [1.29, 1.82) is 0 Å². The number of alkyl halides is 2. The molecule has 0 radical (unpaired) electrons. The van der Waals surface area contributed by atoms with Crippen LogP contribution in [0.4, 0.5) is 13.2 Å². The van der Waals surface area contributed by atoms with Crippen LogP contribution in [0, 0.1) is 5.82 Å². The molecular weight excluding hydrogens is 385 g/mol. The van der Waals surface area contributed by atoms with Gasteiger partial charge in [0.2, 0.25) is 0 Å². The van der Waals surface area contributed by atoms with Crippen LogP contribution in [0.25, 0.3) is 0 Å². The summed E-state index contributed by atoms with van der Waals surface area (Å²) < 4.78 is 45.4. The Morgan fingerprint density at radius 3 is 2.38 bits per heavy atom. The van der Waals surface area contributed by atoms with Crippen LogP contribution in [-0.4, -0.2) is 53.9 Å². The van der Waals surface area contributed by atoms with Crippen molar-refractivity contribution >= 4 is 11.8 Å². The van der Waals surface area contributed by atoms with Gasteiger partial charge in [-0.2, -0.15) is 0 Å². The predicted molar refractivity (Wildman–Crippen MR) is 98.4 cm³/mol. The molecule has 1 unspecified atom stereocenters. The molecule has 29 heavy (non-hydrogen) atoms. The number of para-hydroxylation sites is 1. The molecule has 0 spiro atoms. The number of nitrogens with zero attached hydrogens (tertiary/aromatic N) is 2. The highest BCUT2D eigenvalue weighted by Crippen LogP contribution is 2.29. The van der Waals surface area contributed by atoms with Crippen molar-refractivity contribution in [2.45, 2.75) is 19.0 Å². The lowest BCUT2D eigenvalue weighted by Crippen LogP contribution is -2.53. The first-order valence-corrected chi connectivity index (χ1v) is 9.34. The molecule has 8 heteroatoms. The van der Waals surface area contributed by atoms with E-state index in [0.717, 1.165) is 17.7 Å². The Hall–Kier alpha value is -3.03. The van der Waals surface area contributed by atoms with Crippen molar-refractivity contribution in [3.63, 3.8) is 0 Å². The lowest BCUT2D eigenvalue weighted by molar-refractivity contribution is -0.139. The van der Waals surface area contributed by atoms with Crippen LogP contribution >= 0.6 is 0 Å². The molecule has 0 aliphatic carbocycles. The fraction of sp³-hybridized carbons (Fsp3) is 0.333. The summed E-state index contributed by atoms with van der Waals surface area (Å²) in [6.07, 6.45) is -3.03. The molecule has 1 fully saturated rings. The Labute approximate surface area is 165 Å². The summed E-state index contributed by atoms with van der Waals surface area (Å²) in [5, 5.41) is 0. The monoisotopic (exact) mass is 404 g/mol. The summed E-state index contributed by atoms with van der Waals surface area (Å²) >= 11 is 0. The van der Waals surface area contributed by atoms with Crippen molar-refractivity contribution < 1.29 is 27.5 Å². The average Bonchev–Trinajstić information content (AvgIpc) is 3.17. The van der Waals surface area contributed by atoms with E-state index < -0.39 is 29.8 Å². The van der Waals surface area contributed by atoms with E-state index in [1.807, 2.05) is 24.3 Å². The number of carbonyl (C=O) groups excluding carboxylic acids is 2. The summed E-state index contributed by atoms with van der Waals surface area (Å²) in [5.41, 5.74) is 0.150. The van der Waals surface area contributed by atoms with Gasteiger partial charge in [-0.05, 0) is 29.8 Å². The molecule has 2 aliphatic rings. The van der Waals surface area contributed by atoms with Gasteiger partial charge >= 0.3 is 0 Å². The number of ether oxygens (including phenoxy) is 1. The van der Waals surface area contributed by atoms with Crippen LogP contribution in [0.2, 0.25) is 0 Å². The van der Waals surface area contributed by atoms with Gasteiger partial charge in [0.25, 0.3) is 18.2 Å². The first kappa shape index (κ1) is 19.3. The second-order valence-corrected chi connectivity index (χ2v) is 7.07. The molecule has 0 saturated carbocycles. The van der Waals surface area contributed by atoms with Crippen LogP contribution in [0.3, 0.4) is 0 Å². The highest BCUT2D eigenvalue weighted by Gasteiger charge is 2.34. The number of amides is 2. The molecule has 0 aromatic heterocycles. The summed E-state index contributed by atoms with van der Waals surface area (Å²) in [6.45, 7) is 0.993. The topological polar surface area (TPSA) is 49.9 Å². The van der Waals surface area contributed by atoms with E-state index in [0.29, 0.717) is 18.2 Å². The average molecular weight is 404 g/mol. The van der Waals surface area contributed by atoms with E-state index in [9.17, 15) is 22.8 Å². The normalized spacial score (nSPS) is 18.6. The van der Waals surface area contributed by atoms with Crippen molar-refractivity contribution in [2.24, 2.45) is 0 Å². The Kier molecular flexibility index (Phi) is 5.17. The van der Waals surface area contributed by atoms with Gasteiger partial charge in [-0.1, -0.05) is 18.2 Å². The van der Waals surface area contributed by atoms with Gasteiger partial charge in [0.15, 0.2) is 6.10 Å². The van der Waals surface area contributed by atoms with Crippen molar-refractivity contribution in [3.05, 3.63) is 65.0 Å². The van der Waals surface area contributed by atoms with Crippen molar-refractivity contribution in [1.82, 2.24) is 9.80 Å².